The molecule has 7 heteroatoms. The van der Waals surface area contributed by atoms with Crippen LogP contribution in [-0.2, 0) is 19.7 Å². The van der Waals surface area contributed by atoms with Gasteiger partial charge in [-0.2, -0.15) is 5.10 Å². The van der Waals surface area contributed by atoms with Gasteiger partial charge in [0.25, 0.3) is 0 Å². The van der Waals surface area contributed by atoms with E-state index >= 15 is 0 Å². The van der Waals surface area contributed by atoms with E-state index < -0.39 is 0 Å². The van der Waals surface area contributed by atoms with Gasteiger partial charge in [0.05, 0.1) is 12.2 Å². The summed E-state index contributed by atoms with van der Waals surface area (Å²) in [5.41, 5.74) is 3.34. The summed E-state index contributed by atoms with van der Waals surface area (Å²) >= 11 is 1.07. The lowest BCUT2D eigenvalue weighted by Gasteiger charge is -2.11. The Hall–Kier alpha value is -0.740. The van der Waals surface area contributed by atoms with Gasteiger partial charge in [0.1, 0.15) is 6.61 Å². The number of aryl methyl sites for hydroxylation is 2. The molecule has 1 aromatic heterocycles. The van der Waals surface area contributed by atoms with Gasteiger partial charge in [0.15, 0.2) is 0 Å². The van der Waals surface area contributed by atoms with Crippen molar-refractivity contribution in [2.75, 3.05) is 0 Å². The third-order valence-electron chi connectivity index (χ3n) is 3.50. The average Bonchev–Trinajstić information content (AvgIpc) is 2.94. The first-order chi connectivity index (χ1) is 11.1. The van der Waals surface area contributed by atoms with Crippen LogP contribution in [0.2, 0.25) is 0 Å². The van der Waals surface area contributed by atoms with Crippen LogP contribution in [0.5, 0.6) is 5.88 Å². The number of ether oxygens (including phenoxy) is 1. The minimum atomic E-state index is 0.537. The Morgan fingerprint density at radius 2 is 2.22 bits per heavy atom. The Bertz CT molecular complexity index is 636. The van der Waals surface area contributed by atoms with Crippen molar-refractivity contribution in [3.05, 3.63) is 41.1 Å². The molecule has 0 bridgehead atoms. The summed E-state index contributed by atoms with van der Waals surface area (Å²) in [6, 6.07) is 8.33. The number of rotatable bonds is 9. The number of nitrogens with one attached hydrogen (secondary N) is 1. The van der Waals surface area contributed by atoms with Crippen LogP contribution in [-0.4, -0.2) is 9.78 Å². The molecule has 1 unspecified atom stereocenters. The zero-order valence-electron chi connectivity index (χ0n) is 13.5. The van der Waals surface area contributed by atoms with Crippen LogP contribution in [0.4, 0.5) is 0 Å². The smallest absolute Gasteiger partial charge is 0.212 e. The summed E-state index contributed by atoms with van der Waals surface area (Å²) in [5, 5.41) is 5.75. The fourth-order valence-electron chi connectivity index (χ4n) is 2.23. The van der Waals surface area contributed by atoms with E-state index in [1.54, 1.807) is 0 Å². The number of nitrogens with zero attached hydrogens (tertiary/aromatic N) is 2. The Balaban J connectivity index is 2.09. The van der Waals surface area contributed by atoms with Crippen LogP contribution in [0.25, 0.3) is 0 Å². The highest BCUT2D eigenvalue weighted by Gasteiger charge is 2.10. The number of benzene rings is 1. The lowest BCUT2D eigenvalue weighted by atomic mass is 10.1. The summed E-state index contributed by atoms with van der Waals surface area (Å²) in [6.07, 6.45) is 2.20. The van der Waals surface area contributed by atoms with Gasteiger partial charge in [0.2, 0.25) is 5.88 Å². The molecule has 0 aliphatic rings. The zero-order valence-corrected chi connectivity index (χ0v) is 16.2. The van der Waals surface area contributed by atoms with Crippen molar-refractivity contribution >= 4 is 36.4 Å². The molecular formula is C16H23ClN3OPS. The van der Waals surface area contributed by atoms with Gasteiger partial charge in [-0.25, -0.2) is 9.40 Å². The lowest BCUT2D eigenvalue weighted by molar-refractivity contribution is 0.271. The molecule has 0 saturated heterocycles. The van der Waals surface area contributed by atoms with Crippen molar-refractivity contribution < 1.29 is 4.74 Å². The molecule has 1 atom stereocenters. The molecule has 0 aliphatic carbocycles. The number of aromatic nitrogens is 2. The van der Waals surface area contributed by atoms with Gasteiger partial charge in [-0.3, -0.25) is 0 Å². The molecule has 2 aromatic rings. The fraction of sp³-hybridized carbons (Fsp3) is 0.438. The highest BCUT2D eigenvalue weighted by molar-refractivity contribution is 8.19. The van der Waals surface area contributed by atoms with E-state index in [1.807, 2.05) is 10.7 Å². The molecule has 4 nitrogen and oxygen atoms in total. The maximum absolute atomic E-state index is 6.04. The molecule has 0 spiro atoms. The molecule has 0 fully saturated rings. The van der Waals surface area contributed by atoms with E-state index in [2.05, 4.69) is 51.1 Å². The van der Waals surface area contributed by atoms with Crippen LogP contribution < -0.4 is 14.8 Å². The molecule has 0 aliphatic heterocycles. The minimum Gasteiger partial charge on any atom is -0.473 e. The van der Waals surface area contributed by atoms with Crippen molar-refractivity contribution in [2.24, 2.45) is 0 Å². The molecule has 1 aromatic carbocycles. The summed E-state index contributed by atoms with van der Waals surface area (Å²) in [4.78, 5) is 0. The second kappa shape index (κ2) is 9.53. The highest BCUT2D eigenvalue weighted by Crippen LogP contribution is 2.18. The summed E-state index contributed by atoms with van der Waals surface area (Å²) in [6.45, 7) is 6.27. The number of hydrogen-bond acceptors (Lipinski definition) is 4. The standard InChI is InChI=1S/C16H23ClN3OPS/c1-3-4-7-20-16(9-14(19-20)10-18-23-17)21-11-13-8-12(2)5-6-15(13)22/h5-6,8-9,18H,3-4,7,10-11,22H2,1-2H3. The van der Waals surface area contributed by atoms with Crippen molar-refractivity contribution in [3.63, 3.8) is 0 Å². The first-order valence-corrected chi connectivity index (χ1v) is 9.91. The molecule has 2 rings (SSSR count). The molecule has 126 valence electrons. The third-order valence-corrected chi connectivity index (χ3v) is 4.64. The topological polar surface area (TPSA) is 39.1 Å². The molecule has 1 N–H and O–H groups in total. The average molecular weight is 372 g/mol. The molecule has 1 heterocycles. The van der Waals surface area contributed by atoms with Crippen molar-refractivity contribution in [1.82, 2.24) is 14.5 Å². The van der Waals surface area contributed by atoms with E-state index in [0.29, 0.717) is 13.2 Å². The van der Waals surface area contributed by atoms with Gasteiger partial charge in [-0.05, 0) is 34.9 Å². The normalized spacial score (nSPS) is 11.0. The van der Waals surface area contributed by atoms with Crippen molar-refractivity contribution in [3.8, 4) is 5.88 Å². The highest BCUT2D eigenvalue weighted by atomic mass is 35.7. The van der Waals surface area contributed by atoms with Gasteiger partial charge >= 0.3 is 0 Å². The lowest BCUT2D eigenvalue weighted by Crippen LogP contribution is -2.10. The SMILES string of the molecule is CCCCn1nc(CNSCl)cc1OCc1cc(C)ccc1P. The summed E-state index contributed by atoms with van der Waals surface area (Å²) < 4.78 is 11.0. The van der Waals surface area contributed by atoms with Crippen LogP contribution >= 0.6 is 31.1 Å². The first kappa shape index (κ1) is 18.6. The Morgan fingerprint density at radius 3 is 2.96 bits per heavy atom. The second-order valence-electron chi connectivity index (χ2n) is 5.44. The predicted molar refractivity (Wildman–Crippen MR) is 102 cm³/mol. The molecule has 0 saturated carbocycles. The summed E-state index contributed by atoms with van der Waals surface area (Å²) in [5.74, 6) is 0.806. The van der Waals surface area contributed by atoms with Gasteiger partial charge < -0.3 is 4.74 Å². The van der Waals surface area contributed by atoms with Gasteiger partial charge in [-0.1, -0.05) is 37.1 Å². The van der Waals surface area contributed by atoms with Crippen molar-refractivity contribution in [2.45, 2.75) is 46.4 Å². The largest absolute Gasteiger partial charge is 0.473 e. The van der Waals surface area contributed by atoms with E-state index in [-0.39, 0.29) is 0 Å². The summed E-state index contributed by atoms with van der Waals surface area (Å²) in [7, 11) is 8.35. The third kappa shape index (κ3) is 5.68. The van der Waals surface area contributed by atoms with Crippen LogP contribution in [0.3, 0.4) is 0 Å². The molecule has 23 heavy (non-hydrogen) atoms. The molecule has 0 amide bonds. The van der Waals surface area contributed by atoms with Gasteiger partial charge in [0, 0.05) is 23.8 Å². The molecular weight excluding hydrogens is 349 g/mol. The monoisotopic (exact) mass is 371 g/mol. The van der Waals surface area contributed by atoms with E-state index in [1.165, 1.54) is 11.1 Å². The first-order valence-electron chi connectivity index (χ1n) is 7.69. The Labute approximate surface area is 149 Å². The number of halogens is 1. The van der Waals surface area contributed by atoms with Gasteiger partial charge in [-0.15, -0.1) is 9.24 Å². The number of hydrogen-bond donors (Lipinski definition) is 1. The zero-order chi connectivity index (χ0) is 16.7. The quantitative estimate of drug-likeness (QED) is 0.535. The van der Waals surface area contributed by atoms with E-state index in [9.17, 15) is 0 Å². The fourth-order valence-corrected chi connectivity index (χ4v) is 2.86. The van der Waals surface area contributed by atoms with E-state index in [0.717, 1.165) is 47.4 Å². The van der Waals surface area contributed by atoms with Crippen LogP contribution in [0.15, 0.2) is 24.3 Å². The maximum atomic E-state index is 6.04. The van der Waals surface area contributed by atoms with Crippen LogP contribution in [0, 0.1) is 6.92 Å². The molecule has 0 radical (unpaired) electrons. The second-order valence-corrected chi connectivity index (χ2v) is 6.97. The van der Waals surface area contributed by atoms with Crippen LogP contribution in [0.1, 0.15) is 36.6 Å². The number of unbranched alkanes of at least 4 members (excludes halogenated alkanes) is 1. The Kier molecular flexibility index (Phi) is 7.71. The Morgan fingerprint density at radius 1 is 1.39 bits per heavy atom. The maximum Gasteiger partial charge on any atom is 0.212 e. The van der Waals surface area contributed by atoms with Crippen molar-refractivity contribution in [1.29, 1.82) is 0 Å². The predicted octanol–water partition coefficient (Wildman–Crippen LogP) is 3.96. The minimum absolute atomic E-state index is 0.537. The van der Waals surface area contributed by atoms with E-state index in [4.69, 9.17) is 15.4 Å².